The average molecular weight is 475 g/mol. The topological polar surface area (TPSA) is 76.0 Å². The van der Waals surface area contributed by atoms with Crippen molar-refractivity contribution in [1.29, 1.82) is 0 Å². The fourth-order valence-electron chi connectivity index (χ4n) is 3.55. The van der Waals surface area contributed by atoms with Crippen LogP contribution in [0.3, 0.4) is 0 Å². The van der Waals surface area contributed by atoms with Gasteiger partial charge in [-0.3, -0.25) is 9.59 Å². The van der Waals surface area contributed by atoms with Gasteiger partial charge in [0.05, 0.1) is 17.1 Å². The number of benzene rings is 2. The highest BCUT2D eigenvalue weighted by Crippen LogP contribution is 2.31. The maximum absolute atomic E-state index is 13.7. The fraction of sp³-hybridized carbons (Fsp3) is 0.190. The molecule has 0 radical (unpaired) electrons. The smallest absolute Gasteiger partial charge is 0.276 e. The fourth-order valence-corrected chi connectivity index (χ4v) is 3.91. The van der Waals surface area contributed by atoms with Crippen molar-refractivity contribution in [3.8, 4) is 5.69 Å². The lowest BCUT2D eigenvalue weighted by Gasteiger charge is -2.11. The van der Waals surface area contributed by atoms with Crippen LogP contribution in [0.15, 0.2) is 40.9 Å². The van der Waals surface area contributed by atoms with Crippen molar-refractivity contribution in [1.82, 2.24) is 9.78 Å². The van der Waals surface area contributed by atoms with E-state index in [9.17, 15) is 18.4 Å². The summed E-state index contributed by atoms with van der Waals surface area (Å²) < 4.78 is 29.3. The van der Waals surface area contributed by atoms with E-state index in [1.54, 1.807) is 18.2 Å². The van der Waals surface area contributed by atoms with Crippen molar-refractivity contribution in [2.24, 2.45) is 0 Å². The normalized spacial score (nSPS) is 12.5. The van der Waals surface area contributed by atoms with Gasteiger partial charge in [0.25, 0.3) is 5.91 Å². The Kier molecular flexibility index (Phi) is 5.38. The summed E-state index contributed by atoms with van der Waals surface area (Å²) in [6.07, 6.45) is 2.19. The minimum absolute atomic E-state index is 0.223. The predicted molar refractivity (Wildman–Crippen MR) is 112 cm³/mol. The molecule has 1 aromatic heterocycles. The molecule has 9 heteroatoms. The zero-order valence-corrected chi connectivity index (χ0v) is 17.5. The van der Waals surface area contributed by atoms with Crippen LogP contribution in [-0.4, -0.2) is 21.6 Å². The highest BCUT2D eigenvalue weighted by molar-refractivity contribution is 9.10. The van der Waals surface area contributed by atoms with E-state index in [1.807, 2.05) is 0 Å². The molecule has 0 spiro atoms. The summed E-state index contributed by atoms with van der Waals surface area (Å²) in [6, 6.07) is 8.62. The monoisotopic (exact) mass is 474 g/mol. The Balaban J connectivity index is 1.70. The number of carbonyl (C=O) groups is 2. The molecular weight excluding hydrogens is 458 g/mol. The minimum Gasteiger partial charge on any atom is -0.325 e. The lowest BCUT2D eigenvalue weighted by Crippen LogP contribution is -2.17. The molecule has 0 atom stereocenters. The first kappa shape index (κ1) is 20.2. The van der Waals surface area contributed by atoms with Crippen molar-refractivity contribution in [2.45, 2.75) is 26.2 Å². The van der Waals surface area contributed by atoms with Gasteiger partial charge in [-0.2, -0.15) is 5.10 Å². The van der Waals surface area contributed by atoms with Gasteiger partial charge in [-0.1, -0.05) is 15.9 Å². The Morgan fingerprint density at radius 1 is 1.03 bits per heavy atom. The molecular formula is C21H17BrF2N4O2. The molecule has 0 aliphatic heterocycles. The SMILES string of the molecule is CC(=O)Nc1ccc(Br)cc1NC(=O)c1nn(-c2ccc(F)c(F)c2)c2c1CCC2. The molecule has 1 aliphatic rings. The number of hydrogen-bond acceptors (Lipinski definition) is 3. The number of anilines is 2. The Bertz CT molecular complexity index is 1180. The second-order valence-electron chi connectivity index (χ2n) is 6.96. The van der Waals surface area contributed by atoms with Gasteiger partial charge >= 0.3 is 0 Å². The number of rotatable bonds is 4. The van der Waals surface area contributed by atoms with Gasteiger partial charge in [0.15, 0.2) is 17.3 Å². The molecule has 6 nitrogen and oxygen atoms in total. The van der Waals surface area contributed by atoms with E-state index in [-0.39, 0.29) is 11.6 Å². The standard InChI is InChI=1S/C21H17BrF2N4O2/c1-11(29)25-17-8-5-12(22)9-18(17)26-21(30)20-14-3-2-4-19(14)28(27-20)13-6-7-15(23)16(24)10-13/h5-10H,2-4H2,1H3,(H,25,29)(H,26,30). The number of halogens is 3. The molecule has 2 amide bonds. The lowest BCUT2D eigenvalue weighted by atomic mass is 10.2. The van der Waals surface area contributed by atoms with E-state index in [0.717, 1.165) is 34.3 Å². The van der Waals surface area contributed by atoms with Crippen LogP contribution in [0.1, 0.15) is 35.1 Å². The van der Waals surface area contributed by atoms with Gasteiger partial charge in [0, 0.05) is 28.7 Å². The van der Waals surface area contributed by atoms with Crippen LogP contribution in [0.5, 0.6) is 0 Å². The molecule has 0 bridgehead atoms. The second-order valence-corrected chi connectivity index (χ2v) is 7.88. The molecule has 0 fully saturated rings. The van der Waals surface area contributed by atoms with Gasteiger partial charge in [0.1, 0.15) is 0 Å². The maximum Gasteiger partial charge on any atom is 0.276 e. The first-order chi connectivity index (χ1) is 14.3. The third-order valence-electron chi connectivity index (χ3n) is 4.83. The van der Waals surface area contributed by atoms with E-state index in [2.05, 4.69) is 31.7 Å². The van der Waals surface area contributed by atoms with Crippen LogP contribution in [-0.2, 0) is 17.6 Å². The molecule has 0 unspecified atom stereocenters. The minimum atomic E-state index is -0.977. The molecule has 0 saturated heterocycles. The van der Waals surface area contributed by atoms with Crippen molar-refractivity contribution in [3.63, 3.8) is 0 Å². The lowest BCUT2D eigenvalue weighted by molar-refractivity contribution is -0.114. The molecule has 4 rings (SSSR count). The van der Waals surface area contributed by atoms with Gasteiger partial charge in [-0.25, -0.2) is 13.5 Å². The summed E-state index contributed by atoms with van der Waals surface area (Å²) in [7, 11) is 0. The largest absolute Gasteiger partial charge is 0.325 e. The molecule has 154 valence electrons. The third kappa shape index (κ3) is 3.85. The number of carbonyl (C=O) groups excluding carboxylic acids is 2. The molecule has 0 saturated carbocycles. The summed E-state index contributed by atoms with van der Waals surface area (Å²) >= 11 is 3.36. The molecule has 3 aromatic rings. The van der Waals surface area contributed by atoms with Crippen LogP contribution in [0.4, 0.5) is 20.2 Å². The molecule has 2 N–H and O–H groups in total. The Hall–Kier alpha value is -3.07. The molecule has 1 aliphatic carbocycles. The number of aromatic nitrogens is 2. The third-order valence-corrected chi connectivity index (χ3v) is 5.33. The zero-order valence-electron chi connectivity index (χ0n) is 15.9. The number of hydrogen-bond donors (Lipinski definition) is 2. The van der Waals surface area contributed by atoms with Gasteiger partial charge < -0.3 is 10.6 Å². The molecule has 30 heavy (non-hydrogen) atoms. The van der Waals surface area contributed by atoms with Gasteiger partial charge in [0.2, 0.25) is 5.91 Å². The van der Waals surface area contributed by atoms with Gasteiger partial charge in [-0.05, 0) is 49.6 Å². The van der Waals surface area contributed by atoms with E-state index < -0.39 is 17.5 Å². The first-order valence-electron chi connectivity index (χ1n) is 9.28. The van der Waals surface area contributed by atoms with Crippen LogP contribution < -0.4 is 10.6 Å². The summed E-state index contributed by atoms with van der Waals surface area (Å²) in [5.74, 6) is -2.63. The number of nitrogens with zero attached hydrogens (tertiary/aromatic N) is 2. The summed E-state index contributed by atoms with van der Waals surface area (Å²) in [4.78, 5) is 24.5. The summed E-state index contributed by atoms with van der Waals surface area (Å²) in [5.41, 5.74) is 3.04. The number of nitrogens with one attached hydrogen (secondary N) is 2. The van der Waals surface area contributed by atoms with E-state index in [1.165, 1.54) is 17.7 Å². The van der Waals surface area contributed by atoms with E-state index >= 15 is 0 Å². The average Bonchev–Trinajstić information content (AvgIpc) is 3.28. The highest BCUT2D eigenvalue weighted by Gasteiger charge is 2.27. The maximum atomic E-state index is 13.7. The quantitative estimate of drug-likeness (QED) is 0.579. The van der Waals surface area contributed by atoms with Crippen LogP contribution in [0.25, 0.3) is 5.69 Å². The number of amides is 2. The van der Waals surface area contributed by atoms with Crippen molar-refractivity contribution in [2.75, 3.05) is 10.6 Å². The van der Waals surface area contributed by atoms with Crippen molar-refractivity contribution >= 4 is 39.1 Å². The molecule has 1 heterocycles. The predicted octanol–water partition coefficient (Wildman–Crippen LogP) is 4.61. The highest BCUT2D eigenvalue weighted by atomic mass is 79.9. The first-order valence-corrected chi connectivity index (χ1v) is 10.1. The zero-order chi connectivity index (χ0) is 21.4. The van der Waals surface area contributed by atoms with Crippen LogP contribution >= 0.6 is 15.9 Å². The number of fused-ring (bicyclic) bond motifs is 1. The Morgan fingerprint density at radius 2 is 1.83 bits per heavy atom. The Morgan fingerprint density at radius 3 is 2.57 bits per heavy atom. The van der Waals surface area contributed by atoms with E-state index in [4.69, 9.17) is 0 Å². The molecule has 2 aromatic carbocycles. The Labute approximate surface area is 179 Å². The van der Waals surface area contributed by atoms with E-state index in [0.29, 0.717) is 29.9 Å². The van der Waals surface area contributed by atoms with Crippen LogP contribution in [0.2, 0.25) is 0 Å². The van der Waals surface area contributed by atoms with Gasteiger partial charge in [-0.15, -0.1) is 0 Å². The summed E-state index contributed by atoms with van der Waals surface area (Å²) in [6.45, 7) is 1.38. The van der Waals surface area contributed by atoms with Crippen molar-refractivity contribution < 1.29 is 18.4 Å². The second kappa shape index (κ2) is 7.98. The van der Waals surface area contributed by atoms with Crippen LogP contribution in [0, 0.1) is 11.6 Å². The summed E-state index contributed by atoms with van der Waals surface area (Å²) in [5, 5.41) is 9.87. The van der Waals surface area contributed by atoms with Crippen molar-refractivity contribution in [3.05, 3.63) is 69.5 Å².